The van der Waals surface area contributed by atoms with Gasteiger partial charge in [-0.3, -0.25) is 4.79 Å². The first-order chi connectivity index (χ1) is 13.7. The lowest BCUT2D eigenvalue weighted by Gasteiger charge is -2.11. The van der Waals surface area contributed by atoms with Crippen LogP contribution < -0.4 is 15.6 Å². The summed E-state index contributed by atoms with van der Waals surface area (Å²) >= 11 is 1.37. The minimum Gasteiger partial charge on any atom is -0.457 e. The molecule has 0 aliphatic heterocycles. The van der Waals surface area contributed by atoms with Crippen molar-refractivity contribution < 1.29 is 4.74 Å². The van der Waals surface area contributed by atoms with E-state index in [4.69, 9.17) is 4.74 Å². The summed E-state index contributed by atoms with van der Waals surface area (Å²) in [6, 6.07) is 19.1. The molecule has 0 radical (unpaired) electrons. The van der Waals surface area contributed by atoms with Crippen LogP contribution in [0.1, 0.15) is 24.6 Å². The number of anilines is 1. The lowest BCUT2D eigenvalue weighted by Crippen LogP contribution is -2.15. The van der Waals surface area contributed by atoms with Crippen LogP contribution in [0.25, 0.3) is 4.96 Å². The molecule has 142 valence electrons. The van der Waals surface area contributed by atoms with Crippen molar-refractivity contribution in [3.8, 4) is 11.5 Å². The van der Waals surface area contributed by atoms with Crippen LogP contribution in [-0.2, 0) is 13.0 Å². The van der Waals surface area contributed by atoms with Crippen LogP contribution in [-0.4, -0.2) is 14.6 Å². The van der Waals surface area contributed by atoms with Gasteiger partial charge in [0.25, 0.3) is 5.56 Å². The first-order valence-corrected chi connectivity index (χ1v) is 9.99. The Balaban J connectivity index is 1.53. The molecule has 0 saturated heterocycles. The number of aromatic nitrogens is 3. The molecule has 1 N–H and O–H groups in total. The van der Waals surface area contributed by atoms with E-state index < -0.39 is 0 Å². The Labute approximate surface area is 166 Å². The predicted octanol–water partition coefficient (Wildman–Crippen LogP) is 4.51. The zero-order chi connectivity index (χ0) is 19.3. The van der Waals surface area contributed by atoms with Crippen molar-refractivity contribution in [3.05, 3.63) is 82.3 Å². The topological polar surface area (TPSA) is 68.5 Å². The van der Waals surface area contributed by atoms with E-state index in [1.165, 1.54) is 15.9 Å². The molecule has 2 heterocycles. The zero-order valence-electron chi connectivity index (χ0n) is 15.5. The van der Waals surface area contributed by atoms with E-state index in [2.05, 4.69) is 22.3 Å². The van der Waals surface area contributed by atoms with Crippen LogP contribution in [0.2, 0.25) is 0 Å². The number of nitrogens with one attached hydrogen (secondary N) is 1. The second kappa shape index (κ2) is 8.22. The van der Waals surface area contributed by atoms with E-state index in [0.717, 1.165) is 35.6 Å². The van der Waals surface area contributed by atoms with E-state index >= 15 is 0 Å². The third-order valence-corrected chi connectivity index (χ3v) is 5.04. The molecule has 0 spiro atoms. The van der Waals surface area contributed by atoms with E-state index in [-0.39, 0.29) is 5.56 Å². The smallest absolute Gasteiger partial charge is 0.275 e. The summed E-state index contributed by atoms with van der Waals surface area (Å²) in [5.41, 5.74) is 1.66. The number of hydrogen-bond donors (Lipinski definition) is 1. The lowest BCUT2D eigenvalue weighted by molar-refractivity contribution is 0.477. The average Bonchev–Trinajstić information content (AvgIpc) is 3.12. The molecule has 0 aliphatic carbocycles. The number of hydrogen-bond acceptors (Lipinski definition) is 6. The van der Waals surface area contributed by atoms with Gasteiger partial charge in [-0.15, -0.1) is 5.10 Å². The molecule has 0 unspecified atom stereocenters. The van der Waals surface area contributed by atoms with Crippen molar-refractivity contribution in [2.45, 2.75) is 26.3 Å². The first-order valence-electron chi connectivity index (χ1n) is 9.17. The molecule has 0 atom stereocenters. The molecule has 0 amide bonds. The van der Waals surface area contributed by atoms with Gasteiger partial charge in [-0.1, -0.05) is 61.1 Å². The van der Waals surface area contributed by atoms with Crippen molar-refractivity contribution in [2.24, 2.45) is 0 Å². The molecule has 6 nitrogen and oxygen atoms in total. The van der Waals surface area contributed by atoms with Gasteiger partial charge in [0.15, 0.2) is 0 Å². The Morgan fingerprint density at radius 2 is 1.89 bits per heavy atom. The van der Waals surface area contributed by atoms with Gasteiger partial charge in [0.05, 0.1) is 0 Å². The van der Waals surface area contributed by atoms with Crippen LogP contribution in [0.4, 0.5) is 5.13 Å². The molecule has 28 heavy (non-hydrogen) atoms. The second-order valence-electron chi connectivity index (χ2n) is 6.31. The quantitative estimate of drug-likeness (QED) is 0.501. The highest BCUT2D eigenvalue weighted by atomic mass is 32.1. The number of aryl methyl sites for hydroxylation is 1. The van der Waals surface area contributed by atoms with E-state index in [1.807, 2.05) is 54.6 Å². The van der Waals surface area contributed by atoms with Gasteiger partial charge in [0, 0.05) is 23.9 Å². The standard InChI is InChI=1S/C21H20N4O2S/c1-2-8-16-13-19(26)25-21(23-16)28-20(24-25)22-14-15-9-6-7-12-18(15)27-17-10-4-3-5-11-17/h3-7,9-13H,2,8,14H2,1H3,(H,22,24). The minimum absolute atomic E-state index is 0.148. The zero-order valence-corrected chi connectivity index (χ0v) is 16.3. The summed E-state index contributed by atoms with van der Waals surface area (Å²) in [5, 5.41) is 8.28. The molecule has 2 aromatic carbocycles. The molecule has 4 aromatic rings. The largest absolute Gasteiger partial charge is 0.457 e. The summed E-state index contributed by atoms with van der Waals surface area (Å²) in [4.78, 5) is 17.4. The molecule has 7 heteroatoms. The molecule has 0 aliphatic rings. The third-order valence-electron chi connectivity index (χ3n) is 4.18. The lowest BCUT2D eigenvalue weighted by atomic mass is 10.2. The highest BCUT2D eigenvalue weighted by Crippen LogP contribution is 2.26. The Kier molecular flexibility index (Phi) is 5.34. The third kappa shape index (κ3) is 4.04. The van der Waals surface area contributed by atoms with Crippen molar-refractivity contribution in [1.29, 1.82) is 0 Å². The predicted molar refractivity (Wildman–Crippen MR) is 111 cm³/mol. The molecule has 0 fully saturated rings. The Morgan fingerprint density at radius 3 is 2.71 bits per heavy atom. The van der Waals surface area contributed by atoms with Gasteiger partial charge in [0.2, 0.25) is 10.1 Å². The number of benzene rings is 2. The molecule has 0 bridgehead atoms. The Hall–Kier alpha value is -3.19. The van der Waals surface area contributed by atoms with Gasteiger partial charge in [-0.25, -0.2) is 4.98 Å². The summed E-state index contributed by atoms with van der Waals surface area (Å²) in [6.45, 7) is 2.59. The molecule has 4 rings (SSSR count). The highest BCUT2D eigenvalue weighted by molar-refractivity contribution is 7.20. The van der Waals surface area contributed by atoms with E-state index in [1.54, 1.807) is 6.07 Å². The van der Waals surface area contributed by atoms with Crippen molar-refractivity contribution in [3.63, 3.8) is 0 Å². The fourth-order valence-electron chi connectivity index (χ4n) is 2.85. The minimum atomic E-state index is -0.148. The maximum absolute atomic E-state index is 12.2. The fraction of sp³-hybridized carbons (Fsp3) is 0.190. The molecule has 2 aromatic heterocycles. The van der Waals surface area contributed by atoms with E-state index in [9.17, 15) is 4.79 Å². The van der Waals surface area contributed by atoms with E-state index in [0.29, 0.717) is 16.6 Å². The summed E-state index contributed by atoms with van der Waals surface area (Å²) < 4.78 is 7.34. The number of fused-ring (bicyclic) bond motifs is 1. The summed E-state index contributed by atoms with van der Waals surface area (Å²) in [5.74, 6) is 1.57. The van der Waals surface area contributed by atoms with Gasteiger partial charge in [-0.05, 0) is 24.6 Å². The Morgan fingerprint density at radius 1 is 1.11 bits per heavy atom. The van der Waals surface area contributed by atoms with Crippen LogP contribution in [0, 0.1) is 0 Å². The number of para-hydroxylation sites is 2. The number of rotatable bonds is 7. The van der Waals surface area contributed by atoms with Gasteiger partial charge >= 0.3 is 0 Å². The van der Waals surface area contributed by atoms with Crippen LogP contribution in [0.15, 0.2) is 65.5 Å². The molecular weight excluding hydrogens is 372 g/mol. The monoisotopic (exact) mass is 392 g/mol. The number of ether oxygens (including phenoxy) is 1. The average molecular weight is 392 g/mol. The van der Waals surface area contributed by atoms with Gasteiger partial charge in [-0.2, -0.15) is 4.52 Å². The van der Waals surface area contributed by atoms with Crippen LogP contribution >= 0.6 is 11.3 Å². The normalized spacial score (nSPS) is 10.9. The maximum atomic E-state index is 12.2. The fourth-order valence-corrected chi connectivity index (χ4v) is 3.67. The number of nitrogens with zero attached hydrogens (tertiary/aromatic N) is 3. The van der Waals surface area contributed by atoms with Crippen molar-refractivity contribution in [1.82, 2.24) is 14.6 Å². The van der Waals surface area contributed by atoms with Gasteiger partial charge < -0.3 is 10.1 Å². The van der Waals surface area contributed by atoms with Crippen LogP contribution in [0.3, 0.4) is 0 Å². The maximum Gasteiger partial charge on any atom is 0.275 e. The SMILES string of the molecule is CCCc1cc(=O)n2nc(NCc3ccccc3Oc3ccccc3)sc2n1. The highest BCUT2D eigenvalue weighted by Gasteiger charge is 2.10. The summed E-state index contributed by atoms with van der Waals surface area (Å²) in [6.07, 6.45) is 1.74. The van der Waals surface area contributed by atoms with Crippen LogP contribution in [0.5, 0.6) is 11.5 Å². The second-order valence-corrected chi connectivity index (χ2v) is 7.27. The van der Waals surface area contributed by atoms with Crippen molar-refractivity contribution in [2.75, 3.05) is 5.32 Å². The van der Waals surface area contributed by atoms with Gasteiger partial charge in [0.1, 0.15) is 11.5 Å². The molecule has 0 saturated carbocycles. The summed E-state index contributed by atoms with van der Waals surface area (Å²) in [7, 11) is 0. The molecular formula is C21H20N4O2S. The first kappa shape index (κ1) is 18.2. The van der Waals surface area contributed by atoms with Crippen molar-refractivity contribution >= 4 is 21.4 Å². The Bertz CT molecular complexity index is 1140.